The molecule has 6 heteroatoms. The molecular weight excluding hydrogens is 257 g/mol. The lowest BCUT2D eigenvalue weighted by atomic mass is 10.2. The predicted octanol–water partition coefficient (Wildman–Crippen LogP) is 2.86. The monoisotopic (exact) mass is 285 g/mol. The molecule has 0 bridgehead atoms. The second kappa shape index (κ2) is 10.7. The van der Waals surface area contributed by atoms with Gasteiger partial charge in [-0.15, -0.1) is 3.89 Å². The van der Waals surface area contributed by atoms with Crippen LogP contribution in [0.1, 0.15) is 53.4 Å². The van der Waals surface area contributed by atoms with Gasteiger partial charge in [-0.1, -0.05) is 19.8 Å². The minimum Gasteiger partial charge on any atom is -0.722 e. The molecule has 112 valence electrons. The van der Waals surface area contributed by atoms with Gasteiger partial charge in [0.1, 0.15) is 0 Å². The average Bonchev–Trinajstić information content (AvgIpc) is 2.28. The van der Waals surface area contributed by atoms with Crippen LogP contribution in [0.15, 0.2) is 0 Å². The molecule has 0 aliphatic carbocycles. The van der Waals surface area contributed by atoms with Crippen molar-refractivity contribution in [3.63, 3.8) is 0 Å². The normalized spacial score (nSPS) is 11.9. The van der Waals surface area contributed by atoms with Crippen molar-refractivity contribution >= 4 is 10.5 Å². The lowest BCUT2D eigenvalue weighted by Gasteiger charge is -2.35. The second-order valence-corrected chi connectivity index (χ2v) is 5.25. The average molecular weight is 285 g/mol. The molecule has 0 atom stereocenters. The van der Waals surface area contributed by atoms with Gasteiger partial charge in [-0.25, -0.2) is 8.42 Å². The van der Waals surface area contributed by atoms with E-state index in [1.54, 1.807) is 0 Å². The highest BCUT2D eigenvalue weighted by Crippen LogP contribution is 2.10. The number of quaternary nitrogens is 1. The van der Waals surface area contributed by atoms with Crippen molar-refractivity contribution in [3.8, 4) is 0 Å². The highest BCUT2D eigenvalue weighted by Gasteiger charge is 2.19. The van der Waals surface area contributed by atoms with Crippen LogP contribution in [0, 0.1) is 0 Å². The first kappa shape index (κ1) is 20.1. The maximum absolute atomic E-state index is 10.1. The van der Waals surface area contributed by atoms with Crippen molar-refractivity contribution < 1.29 is 21.3 Å². The molecule has 0 aromatic rings. The van der Waals surface area contributed by atoms with Crippen LogP contribution in [0.25, 0.3) is 0 Å². The fourth-order valence-corrected chi connectivity index (χ4v) is 2.02. The Morgan fingerprint density at radius 2 is 1.33 bits per heavy atom. The van der Waals surface area contributed by atoms with Crippen LogP contribution in [0.4, 0.5) is 3.89 Å². The highest BCUT2D eigenvalue weighted by molar-refractivity contribution is 7.80. The van der Waals surface area contributed by atoms with E-state index in [0.717, 1.165) is 0 Å². The van der Waals surface area contributed by atoms with Crippen LogP contribution in [-0.4, -0.2) is 43.6 Å². The molecule has 0 amide bonds. The molecule has 0 aliphatic heterocycles. The van der Waals surface area contributed by atoms with Crippen LogP contribution in [-0.2, 0) is 10.5 Å². The van der Waals surface area contributed by atoms with Gasteiger partial charge in [-0.2, -0.15) is 0 Å². The Morgan fingerprint density at radius 1 is 0.944 bits per heavy atom. The van der Waals surface area contributed by atoms with Crippen molar-refractivity contribution in [1.29, 1.82) is 0 Å². The van der Waals surface area contributed by atoms with Gasteiger partial charge in [-0.3, -0.25) is 0 Å². The van der Waals surface area contributed by atoms with Gasteiger partial charge in [0.05, 0.1) is 26.2 Å². The van der Waals surface area contributed by atoms with E-state index < -0.39 is 10.5 Å². The van der Waals surface area contributed by atoms with Crippen LogP contribution in [0.5, 0.6) is 0 Å². The van der Waals surface area contributed by atoms with E-state index in [-0.39, 0.29) is 0 Å². The smallest absolute Gasteiger partial charge is 0.255 e. The standard InChI is InChI=1S/C12H28N.FHO3S/c1-5-9-10-11-12-13(6-2,7-3)8-4;1-5(2,3)4/h5-12H2,1-4H3;(H,2,3,4)/q+1;/p-1. The van der Waals surface area contributed by atoms with Crippen molar-refractivity contribution in [2.45, 2.75) is 53.4 Å². The summed E-state index contributed by atoms with van der Waals surface area (Å²) in [6.07, 6.45) is 5.61. The van der Waals surface area contributed by atoms with Crippen LogP contribution >= 0.6 is 0 Å². The molecule has 0 aromatic carbocycles. The van der Waals surface area contributed by atoms with E-state index in [9.17, 15) is 3.89 Å². The molecule has 0 heterocycles. The Bertz CT molecular complexity index is 261. The lowest BCUT2D eigenvalue weighted by Crippen LogP contribution is -2.48. The summed E-state index contributed by atoms with van der Waals surface area (Å²) in [6, 6.07) is 0. The fourth-order valence-electron chi connectivity index (χ4n) is 2.02. The maximum Gasteiger partial charge on any atom is 0.255 e. The Kier molecular flexibility index (Phi) is 12.0. The minimum absolute atomic E-state index is 1.30. The third kappa shape index (κ3) is 13.9. The summed E-state index contributed by atoms with van der Waals surface area (Å²) in [4.78, 5) is 0. The minimum atomic E-state index is -5.42. The zero-order valence-electron chi connectivity index (χ0n) is 12.1. The topological polar surface area (TPSA) is 57.2 Å². The van der Waals surface area contributed by atoms with E-state index in [4.69, 9.17) is 13.0 Å². The number of halogens is 1. The van der Waals surface area contributed by atoms with E-state index >= 15 is 0 Å². The fraction of sp³-hybridized carbons (Fsp3) is 1.00. The van der Waals surface area contributed by atoms with Gasteiger partial charge >= 0.3 is 0 Å². The molecule has 0 radical (unpaired) electrons. The Balaban J connectivity index is 0. The Labute approximate surface area is 112 Å². The first-order chi connectivity index (χ1) is 8.24. The number of hydrogen-bond acceptors (Lipinski definition) is 3. The van der Waals surface area contributed by atoms with Gasteiger partial charge in [0, 0.05) is 0 Å². The summed E-state index contributed by atoms with van der Waals surface area (Å²) < 4.78 is 36.7. The molecule has 0 saturated heterocycles. The summed E-state index contributed by atoms with van der Waals surface area (Å²) in [5, 5.41) is 0. The van der Waals surface area contributed by atoms with Crippen molar-refractivity contribution in [3.05, 3.63) is 0 Å². The molecule has 0 fully saturated rings. The van der Waals surface area contributed by atoms with E-state index in [0.29, 0.717) is 0 Å². The van der Waals surface area contributed by atoms with E-state index in [2.05, 4.69) is 27.7 Å². The molecule has 0 unspecified atom stereocenters. The molecule has 18 heavy (non-hydrogen) atoms. The maximum atomic E-state index is 10.1. The van der Waals surface area contributed by atoms with E-state index in [1.165, 1.54) is 56.3 Å². The third-order valence-electron chi connectivity index (χ3n) is 3.50. The second-order valence-electron chi connectivity index (χ2n) is 4.47. The predicted molar refractivity (Wildman–Crippen MR) is 71.7 cm³/mol. The quantitative estimate of drug-likeness (QED) is 0.298. The summed E-state index contributed by atoms with van der Waals surface area (Å²) in [5.41, 5.74) is 0. The van der Waals surface area contributed by atoms with Crippen molar-refractivity contribution in [1.82, 2.24) is 0 Å². The SMILES string of the molecule is CCCCCC[N+](CC)(CC)CC.O=S(=O)([O-])F. The summed E-state index contributed by atoms with van der Waals surface area (Å²) in [7, 11) is -5.42. The van der Waals surface area contributed by atoms with Crippen molar-refractivity contribution in [2.75, 3.05) is 26.2 Å². The van der Waals surface area contributed by atoms with Gasteiger partial charge in [0.15, 0.2) is 0 Å². The summed E-state index contributed by atoms with van der Waals surface area (Å²) in [6.45, 7) is 14.6. The Morgan fingerprint density at radius 3 is 1.61 bits per heavy atom. The number of unbranched alkanes of at least 4 members (excludes halogenated alkanes) is 3. The zero-order valence-corrected chi connectivity index (χ0v) is 12.9. The molecule has 0 saturated carbocycles. The van der Waals surface area contributed by atoms with E-state index in [1.807, 2.05) is 0 Å². The van der Waals surface area contributed by atoms with Crippen LogP contribution in [0.2, 0.25) is 0 Å². The first-order valence-corrected chi connectivity index (χ1v) is 8.06. The molecular formula is C12H28FNO3S. The number of hydrogen-bond donors (Lipinski definition) is 0. The summed E-state index contributed by atoms with van der Waals surface area (Å²) in [5.74, 6) is 0. The number of rotatable bonds is 8. The first-order valence-electron chi connectivity index (χ1n) is 6.75. The Hall–Kier alpha value is -0.200. The van der Waals surface area contributed by atoms with Crippen molar-refractivity contribution in [2.24, 2.45) is 0 Å². The molecule has 0 aromatic heterocycles. The van der Waals surface area contributed by atoms with Crippen LogP contribution in [0.3, 0.4) is 0 Å². The van der Waals surface area contributed by atoms with Crippen LogP contribution < -0.4 is 0 Å². The van der Waals surface area contributed by atoms with Gasteiger partial charge in [-0.05, 0) is 33.6 Å². The lowest BCUT2D eigenvalue weighted by molar-refractivity contribution is -0.923. The highest BCUT2D eigenvalue weighted by atomic mass is 32.3. The largest absolute Gasteiger partial charge is 0.722 e. The molecule has 0 rings (SSSR count). The third-order valence-corrected chi connectivity index (χ3v) is 3.50. The van der Waals surface area contributed by atoms with Gasteiger partial charge < -0.3 is 9.04 Å². The molecule has 0 aliphatic rings. The number of nitrogens with zero attached hydrogens (tertiary/aromatic N) is 1. The molecule has 4 nitrogen and oxygen atoms in total. The zero-order chi connectivity index (χ0) is 14.7. The molecule has 0 N–H and O–H groups in total. The van der Waals surface area contributed by atoms with Gasteiger partial charge in [0.25, 0.3) is 10.5 Å². The van der Waals surface area contributed by atoms with Gasteiger partial charge in [0.2, 0.25) is 0 Å². The molecule has 0 spiro atoms. The summed E-state index contributed by atoms with van der Waals surface area (Å²) >= 11 is 0.